The van der Waals surface area contributed by atoms with Gasteiger partial charge in [-0.05, 0) is 63.1 Å². The Balaban J connectivity index is 1.49. The third-order valence-corrected chi connectivity index (χ3v) is 5.88. The van der Waals surface area contributed by atoms with E-state index in [1.807, 2.05) is 18.4 Å². The first-order chi connectivity index (χ1) is 15.9. The number of aryl methyl sites for hydroxylation is 2. The average Bonchev–Trinajstić information content (AvgIpc) is 3.19. The molecule has 0 aliphatic heterocycles. The lowest BCUT2D eigenvalue weighted by Crippen LogP contribution is -2.31. The molecule has 0 amide bonds. The molecule has 1 N–H and O–H groups in total. The summed E-state index contributed by atoms with van der Waals surface area (Å²) in [4.78, 5) is 15.5. The van der Waals surface area contributed by atoms with Crippen molar-refractivity contribution in [3.05, 3.63) is 64.0 Å². The molecule has 3 aromatic rings. The van der Waals surface area contributed by atoms with Crippen LogP contribution in [-0.2, 0) is 17.4 Å². The fourth-order valence-electron chi connectivity index (χ4n) is 3.36. The number of hydrogen-bond donors (Lipinski definition) is 1. The lowest BCUT2D eigenvalue weighted by Gasteiger charge is -2.25. The third-order valence-electron chi connectivity index (χ3n) is 4.97. The maximum absolute atomic E-state index is 12.7. The number of halogens is 3. The number of alkyl halides is 3. The molecule has 5 nitrogen and oxygen atoms in total. The van der Waals surface area contributed by atoms with Crippen LogP contribution in [0, 0.1) is 6.92 Å². The monoisotopic (exact) mass is 493 g/mol. The molecule has 0 saturated heterocycles. The van der Waals surface area contributed by atoms with E-state index in [-0.39, 0.29) is 6.42 Å². The van der Waals surface area contributed by atoms with E-state index in [1.165, 1.54) is 23.5 Å². The molecular formula is C25H26F3NO4S. The minimum Gasteiger partial charge on any atom is -0.493 e. The van der Waals surface area contributed by atoms with Gasteiger partial charge in [0.1, 0.15) is 17.1 Å². The van der Waals surface area contributed by atoms with Gasteiger partial charge in [0.05, 0.1) is 29.3 Å². The van der Waals surface area contributed by atoms with E-state index in [4.69, 9.17) is 14.6 Å². The number of aliphatic carboxylic acids is 1. The van der Waals surface area contributed by atoms with E-state index in [0.717, 1.165) is 29.1 Å². The number of thiazole rings is 1. The van der Waals surface area contributed by atoms with Crippen molar-refractivity contribution < 1.29 is 32.5 Å². The average molecular weight is 494 g/mol. The normalized spacial score (nSPS) is 11.9. The lowest BCUT2D eigenvalue weighted by atomic mass is 10.1. The van der Waals surface area contributed by atoms with Gasteiger partial charge in [-0.25, -0.2) is 4.98 Å². The molecule has 0 aliphatic carbocycles. The summed E-state index contributed by atoms with van der Waals surface area (Å²) in [5, 5.41) is 11.7. The van der Waals surface area contributed by atoms with Crippen molar-refractivity contribution in [3.8, 4) is 22.8 Å². The molecule has 9 heteroatoms. The highest BCUT2D eigenvalue weighted by Crippen LogP contribution is 2.31. The molecule has 0 radical (unpaired) electrons. The van der Waals surface area contributed by atoms with E-state index in [2.05, 4.69) is 4.98 Å². The zero-order valence-corrected chi connectivity index (χ0v) is 19.9. The fourth-order valence-corrected chi connectivity index (χ4v) is 4.21. The van der Waals surface area contributed by atoms with Gasteiger partial charge in [-0.2, -0.15) is 13.2 Å². The van der Waals surface area contributed by atoms with Crippen LogP contribution in [0.2, 0.25) is 0 Å². The number of rotatable bonds is 10. The Morgan fingerprint density at radius 1 is 1.12 bits per heavy atom. The predicted octanol–water partition coefficient (Wildman–Crippen LogP) is 6.78. The molecule has 0 bridgehead atoms. The van der Waals surface area contributed by atoms with E-state index < -0.39 is 23.3 Å². The second-order valence-corrected chi connectivity index (χ2v) is 9.46. The van der Waals surface area contributed by atoms with Gasteiger partial charge in [0.2, 0.25) is 0 Å². The van der Waals surface area contributed by atoms with Crippen LogP contribution in [0.15, 0.2) is 47.8 Å². The molecule has 0 spiro atoms. The van der Waals surface area contributed by atoms with Crippen LogP contribution in [0.5, 0.6) is 11.5 Å². The SMILES string of the molecule is Cc1cc(OC(C)(C)CC(=O)O)ccc1OCCCc1nc(-c2ccc(C(F)(F)F)cc2)cs1. The summed E-state index contributed by atoms with van der Waals surface area (Å²) in [6.45, 7) is 5.81. The van der Waals surface area contributed by atoms with Gasteiger partial charge in [-0.3, -0.25) is 4.79 Å². The molecule has 0 atom stereocenters. The molecule has 182 valence electrons. The molecule has 0 unspecified atom stereocenters. The summed E-state index contributed by atoms with van der Waals surface area (Å²) in [6.07, 6.45) is -3.05. The second-order valence-electron chi connectivity index (χ2n) is 8.51. The zero-order chi connectivity index (χ0) is 24.9. The zero-order valence-electron chi connectivity index (χ0n) is 19.1. The number of carboxylic acid groups (broad SMARTS) is 1. The predicted molar refractivity (Wildman–Crippen MR) is 125 cm³/mol. The topological polar surface area (TPSA) is 68.7 Å². The molecule has 0 saturated carbocycles. The number of carbonyl (C=O) groups is 1. The van der Waals surface area contributed by atoms with Gasteiger partial charge in [-0.1, -0.05) is 12.1 Å². The van der Waals surface area contributed by atoms with E-state index in [9.17, 15) is 18.0 Å². The van der Waals surface area contributed by atoms with Gasteiger partial charge in [-0.15, -0.1) is 11.3 Å². The van der Waals surface area contributed by atoms with Gasteiger partial charge in [0, 0.05) is 17.4 Å². The highest BCUT2D eigenvalue weighted by atomic mass is 32.1. The van der Waals surface area contributed by atoms with E-state index >= 15 is 0 Å². The van der Waals surface area contributed by atoms with Crippen molar-refractivity contribution in [3.63, 3.8) is 0 Å². The van der Waals surface area contributed by atoms with Crippen LogP contribution in [0.3, 0.4) is 0 Å². The summed E-state index contributed by atoms with van der Waals surface area (Å²) in [5.74, 6) is 0.371. The van der Waals surface area contributed by atoms with Crippen LogP contribution in [0.1, 0.15) is 42.8 Å². The van der Waals surface area contributed by atoms with Gasteiger partial charge in [0.15, 0.2) is 0 Å². The summed E-state index contributed by atoms with van der Waals surface area (Å²) in [5.41, 5.74) is 0.682. The molecule has 34 heavy (non-hydrogen) atoms. The Bertz CT molecular complexity index is 1120. The van der Waals surface area contributed by atoms with E-state index in [0.29, 0.717) is 35.8 Å². The second kappa shape index (κ2) is 10.5. The summed E-state index contributed by atoms with van der Waals surface area (Å²) >= 11 is 1.47. The van der Waals surface area contributed by atoms with Crippen LogP contribution in [0.4, 0.5) is 13.2 Å². The maximum Gasteiger partial charge on any atom is 0.416 e. The van der Waals surface area contributed by atoms with Crippen LogP contribution in [0.25, 0.3) is 11.3 Å². The summed E-state index contributed by atoms with van der Waals surface area (Å²) < 4.78 is 49.8. The third kappa shape index (κ3) is 7.21. The number of carboxylic acids is 1. The Morgan fingerprint density at radius 2 is 1.82 bits per heavy atom. The largest absolute Gasteiger partial charge is 0.493 e. The smallest absolute Gasteiger partial charge is 0.416 e. The van der Waals surface area contributed by atoms with Crippen molar-refractivity contribution >= 4 is 17.3 Å². The molecule has 1 heterocycles. The Kier molecular flexibility index (Phi) is 7.86. The van der Waals surface area contributed by atoms with Crippen molar-refractivity contribution in [2.24, 2.45) is 0 Å². The van der Waals surface area contributed by atoms with Crippen molar-refractivity contribution in [2.75, 3.05) is 6.61 Å². The molecular weight excluding hydrogens is 467 g/mol. The first-order valence-electron chi connectivity index (χ1n) is 10.7. The van der Waals surface area contributed by atoms with Crippen molar-refractivity contribution in [1.82, 2.24) is 4.98 Å². The molecule has 0 aliphatic rings. The van der Waals surface area contributed by atoms with Crippen LogP contribution < -0.4 is 9.47 Å². The minimum absolute atomic E-state index is 0.109. The van der Waals surface area contributed by atoms with Crippen LogP contribution in [-0.4, -0.2) is 28.3 Å². The molecule has 1 aromatic heterocycles. The summed E-state index contributed by atoms with van der Waals surface area (Å²) in [6, 6.07) is 10.4. The van der Waals surface area contributed by atoms with Gasteiger partial charge >= 0.3 is 12.1 Å². The highest BCUT2D eigenvalue weighted by molar-refractivity contribution is 7.09. The molecule has 0 fully saturated rings. The quantitative estimate of drug-likeness (QED) is 0.315. The highest BCUT2D eigenvalue weighted by Gasteiger charge is 2.30. The Hall–Kier alpha value is -3.07. The summed E-state index contributed by atoms with van der Waals surface area (Å²) in [7, 11) is 0. The number of aromatic nitrogens is 1. The first kappa shape index (κ1) is 25.6. The number of nitrogens with zero attached hydrogens (tertiary/aromatic N) is 1. The number of ether oxygens (including phenoxy) is 2. The molecule has 3 rings (SSSR count). The standard InChI is InChI=1S/C25H26F3NO4S/c1-16-13-19(33-24(2,3)14-23(30)31)10-11-21(16)32-12-4-5-22-29-20(15-34-22)17-6-8-18(9-7-17)25(26,27)28/h6-11,13,15H,4-5,12,14H2,1-3H3,(H,30,31). The maximum atomic E-state index is 12.7. The minimum atomic E-state index is -4.35. The van der Waals surface area contributed by atoms with Crippen LogP contribution >= 0.6 is 11.3 Å². The molecule has 2 aromatic carbocycles. The van der Waals surface area contributed by atoms with E-state index in [1.54, 1.807) is 26.0 Å². The Morgan fingerprint density at radius 3 is 2.44 bits per heavy atom. The van der Waals surface area contributed by atoms with Gasteiger partial charge in [0.25, 0.3) is 0 Å². The fraction of sp³-hybridized carbons (Fsp3) is 0.360. The Labute approximate surface area is 200 Å². The van der Waals surface area contributed by atoms with Crippen molar-refractivity contribution in [2.45, 2.75) is 51.8 Å². The number of benzene rings is 2. The number of hydrogen-bond acceptors (Lipinski definition) is 5. The van der Waals surface area contributed by atoms with Gasteiger partial charge < -0.3 is 14.6 Å². The first-order valence-corrected chi connectivity index (χ1v) is 11.6. The lowest BCUT2D eigenvalue weighted by molar-refractivity contribution is -0.140. The van der Waals surface area contributed by atoms with Crippen molar-refractivity contribution in [1.29, 1.82) is 0 Å².